The van der Waals surface area contributed by atoms with Gasteiger partial charge in [0, 0.05) is 0 Å². The summed E-state index contributed by atoms with van der Waals surface area (Å²) >= 11 is 0. The van der Waals surface area contributed by atoms with Crippen molar-refractivity contribution >= 4 is 7.82 Å². The second-order valence-corrected chi connectivity index (χ2v) is 12.9. The van der Waals surface area contributed by atoms with Crippen molar-refractivity contribution in [3.8, 4) is 0 Å². The molecule has 0 amide bonds. The fourth-order valence-corrected chi connectivity index (χ4v) is 6.13. The van der Waals surface area contributed by atoms with E-state index in [2.05, 4.69) is 4.52 Å². The van der Waals surface area contributed by atoms with Crippen LogP contribution >= 0.6 is 7.82 Å². The van der Waals surface area contributed by atoms with E-state index in [0.717, 1.165) is 0 Å². The van der Waals surface area contributed by atoms with Crippen LogP contribution < -0.4 is 0 Å². The molecule has 20 atom stereocenters. The molecule has 24 nitrogen and oxygen atoms in total. The van der Waals surface area contributed by atoms with Crippen LogP contribution in [0.15, 0.2) is 0 Å². The fraction of sp³-hybridized carbons (Fsp3) is 1.00. The van der Waals surface area contributed by atoms with Crippen LogP contribution in [0.5, 0.6) is 0 Å². The first kappa shape index (κ1) is 41.1. The van der Waals surface area contributed by atoms with Gasteiger partial charge in [0.1, 0.15) is 97.7 Å². The first-order valence-corrected chi connectivity index (χ1v) is 16.4. The maximum Gasteiger partial charge on any atom is 0.472 e. The standard InChI is InChI=1S/C24H43O24P/c25-1-5-9(29)13(33)17(37)21(41-5)45-18-14(34)10(30)6(2-26)42-22(18)46-19-15(35)11(31)7(3-27)43-23(19)47-20-16(36)12(32)8(4-28)44-24(20)48-49(38,39)40/h5-37H,1-4H2,(H2,38,39,40)/t5-,6-,7-,8-,9-,10-,11-,12-,13+,14+,15+,16+,17+,18+,19+,20+,21?,22?,23?,24-/m1/s1. The van der Waals surface area contributed by atoms with Crippen molar-refractivity contribution in [1.82, 2.24) is 0 Å². The van der Waals surface area contributed by atoms with Crippen molar-refractivity contribution < 1.29 is 118 Å². The fourth-order valence-electron chi connectivity index (χ4n) is 5.69. The number of phosphoric ester groups is 1. The minimum Gasteiger partial charge on any atom is -0.394 e. The Bertz CT molecular complexity index is 1080. The topological polar surface area (TPSA) is 394 Å². The first-order chi connectivity index (χ1) is 23.0. The molecule has 288 valence electrons. The Morgan fingerprint density at radius 3 is 1.04 bits per heavy atom. The average Bonchev–Trinajstić information content (AvgIpc) is 3.06. The molecule has 0 aromatic rings. The quantitative estimate of drug-likeness (QED) is 0.0824. The number of phosphoric acid groups is 1. The molecule has 0 aliphatic carbocycles. The third-order valence-electron chi connectivity index (χ3n) is 8.44. The molecule has 4 fully saturated rings. The Hall–Kier alpha value is -0.690. The molecule has 0 aromatic carbocycles. The van der Waals surface area contributed by atoms with Gasteiger partial charge in [0.25, 0.3) is 0 Å². The highest BCUT2D eigenvalue weighted by Gasteiger charge is 2.56. The molecule has 0 bridgehead atoms. The first-order valence-electron chi connectivity index (χ1n) is 14.9. The Morgan fingerprint density at radius 1 is 0.408 bits per heavy atom. The Kier molecular flexibility index (Phi) is 14.2. The Balaban J connectivity index is 1.66. The number of aliphatic hydroxyl groups is 13. The minimum atomic E-state index is -5.44. The van der Waals surface area contributed by atoms with Gasteiger partial charge < -0.3 is 109 Å². The zero-order valence-electron chi connectivity index (χ0n) is 25.2. The van der Waals surface area contributed by atoms with Crippen LogP contribution in [0.3, 0.4) is 0 Å². The SMILES string of the molecule is O=P(O)(O)O[C@H]1O[C@H](CO)[C@@H](O)[C@H](O)[C@@H]1OC1O[C@H](CO)[C@@H](O)[C@H](O)[C@@H]1OC1O[C@H](CO)[C@@H](O)[C@H](O)[C@@H]1OC1O[C@H](CO)[C@@H](O)[C@H](O)[C@@H]1O. The van der Waals surface area contributed by atoms with E-state index in [9.17, 15) is 80.7 Å². The molecule has 4 aliphatic rings. The third kappa shape index (κ3) is 8.93. The average molecular weight is 747 g/mol. The number of hydrogen-bond acceptors (Lipinski definition) is 22. The lowest BCUT2D eigenvalue weighted by atomic mass is 9.96. The van der Waals surface area contributed by atoms with Crippen molar-refractivity contribution in [3.05, 3.63) is 0 Å². The number of aliphatic hydroxyl groups excluding tert-OH is 13. The summed E-state index contributed by atoms with van der Waals surface area (Å²) in [5.74, 6) is 0. The molecular formula is C24H43O24P. The third-order valence-corrected chi connectivity index (χ3v) is 8.92. The zero-order valence-corrected chi connectivity index (χ0v) is 26.1. The Morgan fingerprint density at radius 2 is 0.694 bits per heavy atom. The van der Waals surface area contributed by atoms with Gasteiger partial charge in [-0.15, -0.1) is 0 Å². The highest BCUT2D eigenvalue weighted by Crippen LogP contribution is 2.42. The molecule has 4 aliphatic heterocycles. The van der Waals surface area contributed by atoms with Crippen LogP contribution in [0.2, 0.25) is 0 Å². The summed E-state index contributed by atoms with van der Waals surface area (Å²) in [7, 11) is -5.44. The van der Waals surface area contributed by atoms with E-state index in [1.54, 1.807) is 0 Å². The van der Waals surface area contributed by atoms with E-state index in [-0.39, 0.29) is 0 Å². The molecule has 4 heterocycles. The molecule has 3 unspecified atom stereocenters. The molecule has 0 saturated carbocycles. The summed E-state index contributed by atoms with van der Waals surface area (Å²) in [5.41, 5.74) is 0. The zero-order chi connectivity index (χ0) is 36.5. The number of rotatable bonds is 12. The molecule has 15 N–H and O–H groups in total. The smallest absolute Gasteiger partial charge is 0.394 e. The number of hydrogen-bond donors (Lipinski definition) is 15. The molecular weight excluding hydrogens is 703 g/mol. The van der Waals surface area contributed by atoms with Gasteiger partial charge in [-0.3, -0.25) is 4.52 Å². The summed E-state index contributed by atoms with van der Waals surface area (Å²) in [6.45, 7) is -3.79. The van der Waals surface area contributed by atoms with Gasteiger partial charge >= 0.3 is 7.82 Å². The predicted molar refractivity (Wildman–Crippen MR) is 145 cm³/mol. The van der Waals surface area contributed by atoms with Gasteiger partial charge in [0.2, 0.25) is 0 Å². The molecule has 0 aromatic heterocycles. The molecule has 25 heteroatoms. The van der Waals surface area contributed by atoms with E-state index >= 15 is 0 Å². The maximum atomic E-state index is 11.7. The van der Waals surface area contributed by atoms with Gasteiger partial charge in [0.05, 0.1) is 26.4 Å². The molecule has 0 spiro atoms. The van der Waals surface area contributed by atoms with Crippen molar-refractivity contribution in [2.75, 3.05) is 26.4 Å². The molecule has 0 radical (unpaired) electrons. The second kappa shape index (κ2) is 17.0. The Labute approximate surface area is 275 Å². The lowest BCUT2D eigenvalue weighted by Gasteiger charge is -2.49. The summed E-state index contributed by atoms with van der Waals surface area (Å²) in [5, 5.41) is 134. The summed E-state index contributed by atoms with van der Waals surface area (Å²) in [6, 6.07) is 0. The highest BCUT2D eigenvalue weighted by molar-refractivity contribution is 7.46. The van der Waals surface area contributed by atoms with Crippen molar-refractivity contribution in [3.63, 3.8) is 0 Å². The predicted octanol–water partition coefficient (Wildman–Crippen LogP) is -9.63. The second-order valence-electron chi connectivity index (χ2n) is 11.7. The number of ether oxygens (including phenoxy) is 7. The van der Waals surface area contributed by atoms with E-state index in [0.29, 0.717) is 0 Å². The van der Waals surface area contributed by atoms with Gasteiger partial charge in [0.15, 0.2) is 25.2 Å². The lowest BCUT2D eigenvalue weighted by molar-refractivity contribution is -0.404. The molecule has 49 heavy (non-hydrogen) atoms. The summed E-state index contributed by atoms with van der Waals surface area (Å²) in [4.78, 5) is 18.8. The van der Waals surface area contributed by atoms with E-state index < -0.39 is 157 Å². The van der Waals surface area contributed by atoms with Gasteiger partial charge in [-0.25, -0.2) is 4.57 Å². The van der Waals surface area contributed by atoms with Crippen LogP contribution in [-0.2, 0) is 42.2 Å². The highest BCUT2D eigenvalue weighted by atomic mass is 31.2. The maximum absolute atomic E-state index is 11.7. The van der Waals surface area contributed by atoms with E-state index in [1.807, 2.05) is 0 Å². The van der Waals surface area contributed by atoms with Gasteiger partial charge in [-0.1, -0.05) is 0 Å². The van der Waals surface area contributed by atoms with Crippen molar-refractivity contribution in [1.29, 1.82) is 0 Å². The van der Waals surface area contributed by atoms with E-state index in [4.69, 9.17) is 33.2 Å². The van der Waals surface area contributed by atoms with Crippen LogP contribution in [0.1, 0.15) is 0 Å². The molecule has 4 saturated heterocycles. The normalized spacial score (nSPS) is 49.9. The largest absolute Gasteiger partial charge is 0.472 e. The van der Waals surface area contributed by atoms with Crippen LogP contribution in [0, 0.1) is 0 Å². The van der Waals surface area contributed by atoms with E-state index in [1.165, 1.54) is 0 Å². The van der Waals surface area contributed by atoms with Crippen LogP contribution in [0.4, 0.5) is 0 Å². The summed E-state index contributed by atoms with van der Waals surface area (Å²) in [6.07, 6.45) is -39.2. The van der Waals surface area contributed by atoms with Gasteiger partial charge in [-0.2, -0.15) is 0 Å². The summed E-state index contributed by atoms with van der Waals surface area (Å²) < 4.78 is 54.5. The lowest BCUT2D eigenvalue weighted by Crippen LogP contribution is -2.68. The minimum absolute atomic E-state index is 0.880. The van der Waals surface area contributed by atoms with Gasteiger partial charge in [-0.05, 0) is 0 Å². The molecule has 4 rings (SSSR count). The monoisotopic (exact) mass is 746 g/mol. The van der Waals surface area contributed by atoms with Crippen LogP contribution in [0.25, 0.3) is 0 Å². The van der Waals surface area contributed by atoms with Crippen molar-refractivity contribution in [2.24, 2.45) is 0 Å². The van der Waals surface area contributed by atoms with Crippen LogP contribution in [-0.4, -0.2) is 225 Å². The van der Waals surface area contributed by atoms with Crippen molar-refractivity contribution in [2.45, 2.75) is 123 Å².